The standard InChI is InChI=1S/C24H22N6O6/c31-18-4-2-15(11-19(18)32)26-23-25-12-14-10-20(33)27-17-9-13(1-3-16(17)21(14)28-23)22(34)29-5-7-30(8-6-29)24(35)36/h1-4,9,11-12,31-32H,5-8,10H2,(H,27,33)(H,35,36)(H,25,26,28). The minimum absolute atomic E-state index is 0.0463. The molecule has 2 aromatic carbocycles. The lowest BCUT2D eigenvalue weighted by Gasteiger charge is -2.33. The number of fused-ring (bicyclic) bond motifs is 3. The minimum atomic E-state index is -1.01. The van der Waals surface area contributed by atoms with Crippen molar-refractivity contribution in [3.05, 3.63) is 53.7 Å². The van der Waals surface area contributed by atoms with Crippen LogP contribution in [0.25, 0.3) is 11.3 Å². The summed E-state index contributed by atoms with van der Waals surface area (Å²) in [6, 6.07) is 9.18. The van der Waals surface area contributed by atoms with Gasteiger partial charge in [0.05, 0.1) is 17.8 Å². The van der Waals surface area contributed by atoms with Gasteiger partial charge in [0.1, 0.15) is 0 Å². The van der Waals surface area contributed by atoms with Gasteiger partial charge in [-0.3, -0.25) is 9.59 Å². The largest absolute Gasteiger partial charge is 0.504 e. The van der Waals surface area contributed by atoms with Gasteiger partial charge in [-0.1, -0.05) is 0 Å². The van der Waals surface area contributed by atoms with E-state index in [1.807, 2.05) is 0 Å². The number of hydrogen-bond donors (Lipinski definition) is 5. The predicted octanol–water partition coefficient (Wildman–Crippen LogP) is 2.23. The van der Waals surface area contributed by atoms with Crippen LogP contribution in [-0.4, -0.2) is 79.2 Å². The second-order valence-corrected chi connectivity index (χ2v) is 8.44. The molecule has 36 heavy (non-hydrogen) atoms. The summed E-state index contributed by atoms with van der Waals surface area (Å²) in [6.07, 6.45) is 0.581. The molecule has 0 bridgehead atoms. The summed E-state index contributed by atoms with van der Waals surface area (Å²) in [7, 11) is 0. The fourth-order valence-electron chi connectivity index (χ4n) is 4.20. The van der Waals surface area contributed by atoms with E-state index in [1.165, 1.54) is 17.0 Å². The van der Waals surface area contributed by atoms with Gasteiger partial charge in [-0.05, 0) is 30.3 Å². The molecule has 0 saturated carbocycles. The van der Waals surface area contributed by atoms with Gasteiger partial charge in [-0.25, -0.2) is 14.8 Å². The van der Waals surface area contributed by atoms with Gasteiger partial charge >= 0.3 is 6.09 Å². The van der Waals surface area contributed by atoms with Gasteiger partial charge in [-0.2, -0.15) is 0 Å². The molecule has 184 valence electrons. The molecule has 0 radical (unpaired) electrons. The minimum Gasteiger partial charge on any atom is -0.504 e. The van der Waals surface area contributed by atoms with E-state index < -0.39 is 6.09 Å². The molecule has 0 spiro atoms. The molecule has 3 amide bonds. The highest BCUT2D eigenvalue weighted by atomic mass is 16.4. The molecular formula is C24H22N6O6. The number of amides is 3. The third-order valence-electron chi connectivity index (χ3n) is 6.08. The summed E-state index contributed by atoms with van der Waals surface area (Å²) in [6.45, 7) is 1.04. The van der Waals surface area contributed by atoms with Crippen molar-refractivity contribution in [2.24, 2.45) is 0 Å². The van der Waals surface area contributed by atoms with Crippen molar-refractivity contribution in [1.29, 1.82) is 0 Å². The Morgan fingerprint density at radius 2 is 1.72 bits per heavy atom. The van der Waals surface area contributed by atoms with Crippen LogP contribution in [0.5, 0.6) is 11.5 Å². The number of phenolic OH excluding ortho intramolecular Hbond substituents is 2. The first-order valence-corrected chi connectivity index (χ1v) is 11.1. The van der Waals surface area contributed by atoms with E-state index in [1.54, 1.807) is 35.4 Å². The topological polar surface area (TPSA) is 168 Å². The number of phenols is 2. The zero-order valence-electron chi connectivity index (χ0n) is 18.9. The van der Waals surface area contributed by atoms with Gasteiger partial charge in [0.15, 0.2) is 11.5 Å². The van der Waals surface area contributed by atoms with Gasteiger partial charge < -0.3 is 35.8 Å². The van der Waals surface area contributed by atoms with Crippen molar-refractivity contribution in [2.75, 3.05) is 36.8 Å². The summed E-state index contributed by atoms with van der Waals surface area (Å²) in [5.41, 5.74) is 2.99. The van der Waals surface area contributed by atoms with Crippen molar-refractivity contribution in [1.82, 2.24) is 19.8 Å². The quantitative estimate of drug-likeness (QED) is 0.273. The van der Waals surface area contributed by atoms with E-state index in [9.17, 15) is 24.6 Å². The molecule has 2 aliphatic rings. The summed E-state index contributed by atoms with van der Waals surface area (Å²) < 4.78 is 0. The molecule has 0 unspecified atom stereocenters. The first-order valence-electron chi connectivity index (χ1n) is 11.1. The lowest BCUT2D eigenvalue weighted by Crippen LogP contribution is -2.50. The van der Waals surface area contributed by atoms with Crippen molar-refractivity contribution in [3.63, 3.8) is 0 Å². The fraction of sp³-hybridized carbons (Fsp3) is 0.208. The third-order valence-corrected chi connectivity index (χ3v) is 6.08. The van der Waals surface area contributed by atoms with Crippen molar-refractivity contribution < 1.29 is 29.7 Å². The molecule has 3 heterocycles. The summed E-state index contributed by atoms with van der Waals surface area (Å²) in [4.78, 5) is 48.4. The third kappa shape index (κ3) is 4.43. The Morgan fingerprint density at radius 1 is 0.972 bits per heavy atom. The zero-order valence-corrected chi connectivity index (χ0v) is 18.9. The Kier molecular flexibility index (Phi) is 5.76. The number of anilines is 3. The van der Waals surface area contributed by atoms with Crippen molar-refractivity contribution >= 4 is 35.2 Å². The molecule has 0 aliphatic carbocycles. The number of piperazine rings is 1. The summed E-state index contributed by atoms with van der Waals surface area (Å²) in [5.74, 6) is -0.857. The second-order valence-electron chi connectivity index (χ2n) is 8.44. The van der Waals surface area contributed by atoms with Crippen LogP contribution in [0.2, 0.25) is 0 Å². The molecule has 1 aromatic heterocycles. The number of carboxylic acid groups (broad SMARTS) is 1. The number of carbonyl (C=O) groups excluding carboxylic acids is 2. The molecule has 1 saturated heterocycles. The van der Waals surface area contributed by atoms with Crippen LogP contribution in [0.4, 0.5) is 22.1 Å². The van der Waals surface area contributed by atoms with E-state index >= 15 is 0 Å². The highest BCUT2D eigenvalue weighted by molar-refractivity contribution is 6.03. The van der Waals surface area contributed by atoms with Crippen LogP contribution in [0.3, 0.4) is 0 Å². The molecule has 2 aliphatic heterocycles. The maximum Gasteiger partial charge on any atom is 0.407 e. The average Bonchev–Trinajstić information content (AvgIpc) is 3.00. The lowest BCUT2D eigenvalue weighted by molar-refractivity contribution is -0.115. The van der Waals surface area contributed by atoms with Crippen LogP contribution in [0.15, 0.2) is 42.6 Å². The normalized spacial score (nSPS) is 14.8. The first-order chi connectivity index (χ1) is 17.3. The Hall–Kier alpha value is -4.87. The van der Waals surface area contributed by atoms with Crippen LogP contribution >= 0.6 is 0 Å². The molecule has 0 atom stereocenters. The van der Waals surface area contributed by atoms with Crippen molar-refractivity contribution in [2.45, 2.75) is 6.42 Å². The SMILES string of the molecule is O=C1Cc2cnc(Nc3ccc(O)c(O)c3)nc2-c2ccc(C(=O)N3CCN(C(=O)O)CC3)cc2N1. The second kappa shape index (κ2) is 9.06. The van der Waals surface area contributed by atoms with E-state index in [0.717, 1.165) is 0 Å². The zero-order chi connectivity index (χ0) is 25.4. The fourth-order valence-corrected chi connectivity index (χ4v) is 4.20. The number of nitrogens with zero attached hydrogens (tertiary/aromatic N) is 4. The Labute approximate surface area is 204 Å². The average molecular weight is 490 g/mol. The number of carbonyl (C=O) groups is 3. The summed E-state index contributed by atoms with van der Waals surface area (Å²) >= 11 is 0. The predicted molar refractivity (Wildman–Crippen MR) is 128 cm³/mol. The smallest absolute Gasteiger partial charge is 0.407 e. The maximum absolute atomic E-state index is 13.1. The number of nitrogens with one attached hydrogen (secondary N) is 2. The van der Waals surface area contributed by atoms with Crippen LogP contribution in [0, 0.1) is 0 Å². The Morgan fingerprint density at radius 3 is 2.44 bits per heavy atom. The molecule has 1 fully saturated rings. The first kappa shape index (κ1) is 22.9. The maximum atomic E-state index is 13.1. The highest BCUT2D eigenvalue weighted by Crippen LogP contribution is 2.35. The van der Waals surface area contributed by atoms with Crippen LogP contribution < -0.4 is 10.6 Å². The van der Waals surface area contributed by atoms with Crippen LogP contribution in [0.1, 0.15) is 15.9 Å². The van der Waals surface area contributed by atoms with Gasteiger partial charge in [0.25, 0.3) is 5.91 Å². The van der Waals surface area contributed by atoms with Gasteiger partial charge in [0, 0.05) is 60.8 Å². The van der Waals surface area contributed by atoms with E-state index in [0.29, 0.717) is 33.8 Å². The number of aromatic nitrogens is 2. The highest BCUT2D eigenvalue weighted by Gasteiger charge is 2.27. The van der Waals surface area contributed by atoms with Gasteiger partial charge in [0.2, 0.25) is 11.9 Å². The lowest BCUT2D eigenvalue weighted by atomic mass is 10.0. The molecule has 3 aromatic rings. The van der Waals surface area contributed by atoms with Crippen molar-refractivity contribution in [3.8, 4) is 22.8 Å². The Balaban J connectivity index is 1.43. The molecule has 5 N–H and O–H groups in total. The number of benzene rings is 2. The van der Waals surface area contributed by atoms with Crippen LogP contribution in [-0.2, 0) is 11.2 Å². The van der Waals surface area contributed by atoms with E-state index in [2.05, 4.69) is 20.6 Å². The van der Waals surface area contributed by atoms with Gasteiger partial charge in [-0.15, -0.1) is 0 Å². The number of rotatable bonds is 3. The number of aromatic hydroxyl groups is 2. The molecule has 12 heteroatoms. The molecule has 5 rings (SSSR count). The Bertz CT molecular complexity index is 1390. The van der Waals surface area contributed by atoms with E-state index in [-0.39, 0.29) is 61.9 Å². The summed E-state index contributed by atoms with van der Waals surface area (Å²) in [5, 5.41) is 34.2. The monoisotopic (exact) mass is 490 g/mol. The molecular weight excluding hydrogens is 468 g/mol. The van der Waals surface area contributed by atoms with E-state index in [4.69, 9.17) is 5.11 Å². The number of hydrogen-bond acceptors (Lipinski definition) is 8. The molecule has 12 nitrogen and oxygen atoms in total.